The molecule has 9 heteroatoms. The molecule has 0 bridgehead atoms. The maximum absolute atomic E-state index is 13.3. The Morgan fingerprint density at radius 2 is 2.21 bits per heavy atom. The number of nitro benzene ring substituents is 1. The molecule has 1 aromatic rings. The molecule has 0 amide bonds. The maximum Gasteiger partial charge on any atom is 0.338 e. The number of carboxylic acid groups (broad SMARTS) is 1. The lowest BCUT2D eigenvalue weighted by Crippen LogP contribution is -2.12. The molecule has 19 heavy (non-hydrogen) atoms. The first-order valence-corrected chi connectivity index (χ1v) is 6.80. The molecule has 0 radical (unpaired) electrons. The SMILES string of the molecule is CS(=O)CCNc1cc(C(=O)O)c(F)cc1[N+](=O)[O-]. The van der Waals surface area contributed by atoms with Crippen molar-refractivity contribution in [2.24, 2.45) is 0 Å². The topological polar surface area (TPSA) is 110 Å². The third-order valence-corrected chi connectivity index (χ3v) is 3.00. The molecule has 0 aliphatic rings. The van der Waals surface area contributed by atoms with Gasteiger partial charge >= 0.3 is 5.97 Å². The zero-order chi connectivity index (χ0) is 14.6. The number of carboxylic acids is 1. The van der Waals surface area contributed by atoms with Crippen LogP contribution in [0.15, 0.2) is 12.1 Å². The Morgan fingerprint density at radius 3 is 2.68 bits per heavy atom. The van der Waals surface area contributed by atoms with Crippen LogP contribution in [0.4, 0.5) is 15.8 Å². The van der Waals surface area contributed by atoms with Gasteiger partial charge in [-0.2, -0.15) is 0 Å². The van der Waals surface area contributed by atoms with E-state index in [4.69, 9.17) is 5.11 Å². The number of anilines is 1. The number of nitro groups is 1. The first-order chi connectivity index (χ1) is 8.82. The fraction of sp³-hybridized carbons (Fsp3) is 0.300. The first-order valence-electron chi connectivity index (χ1n) is 5.08. The summed E-state index contributed by atoms with van der Waals surface area (Å²) in [7, 11) is -1.10. The normalized spacial score (nSPS) is 11.9. The quantitative estimate of drug-likeness (QED) is 0.602. The molecule has 0 saturated carbocycles. The number of nitrogens with one attached hydrogen (secondary N) is 1. The van der Waals surface area contributed by atoms with Crippen LogP contribution in [-0.4, -0.2) is 38.8 Å². The average Bonchev–Trinajstić information content (AvgIpc) is 2.29. The summed E-state index contributed by atoms with van der Waals surface area (Å²) in [5, 5.41) is 22.1. The van der Waals surface area contributed by atoms with Gasteiger partial charge in [0.15, 0.2) is 0 Å². The predicted octanol–water partition coefficient (Wildman–Crippen LogP) is 1.22. The largest absolute Gasteiger partial charge is 0.478 e. The fourth-order valence-electron chi connectivity index (χ4n) is 1.35. The Kier molecular flexibility index (Phi) is 4.93. The van der Waals surface area contributed by atoms with E-state index in [0.29, 0.717) is 6.07 Å². The van der Waals surface area contributed by atoms with E-state index in [2.05, 4.69) is 5.32 Å². The number of nitrogens with zero attached hydrogens (tertiary/aromatic N) is 1. The van der Waals surface area contributed by atoms with Crippen molar-refractivity contribution in [3.8, 4) is 0 Å². The number of halogens is 1. The molecule has 1 rings (SSSR count). The molecular weight excluding hydrogens is 279 g/mol. The number of carbonyl (C=O) groups is 1. The summed E-state index contributed by atoms with van der Waals surface area (Å²) in [6.45, 7) is 0.147. The van der Waals surface area contributed by atoms with E-state index >= 15 is 0 Å². The summed E-state index contributed by atoms with van der Waals surface area (Å²) >= 11 is 0. The zero-order valence-corrected chi connectivity index (χ0v) is 10.7. The number of hydrogen-bond acceptors (Lipinski definition) is 5. The van der Waals surface area contributed by atoms with Crippen LogP contribution < -0.4 is 5.32 Å². The minimum atomic E-state index is -1.52. The van der Waals surface area contributed by atoms with Gasteiger partial charge in [-0.05, 0) is 6.07 Å². The van der Waals surface area contributed by atoms with Crippen molar-refractivity contribution in [3.05, 3.63) is 33.6 Å². The molecule has 1 atom stereocenters. The first kappa shape index (κ1) is 15.0. The van der Waals surface area contributed by atoms with Gasteiger partial charge in [0.2, 0.25) is 0 Å². The Morgan fingerprint density at radius 1 is 1.58 bits per heavy atom. The second kappa shape index (κ2) is 6.23. The highest BCUT2D eigenvalue weighted by atomic mass is 32.2. The van der Waals surface area contributed by atoms with Gasteiger partial charge in [0, 0.05) is 29.4 Å². The molecule has 0 aliphatic carbocycles. The molecule has 0 aliphatic heterocycles. The molecule has 1 aromatic carbocycles. The van der Waals surface area contributed by atoms with Crippen LogP contribution in [0.3, 0.4) is 0 Å². The molecular formula is C10H11FN2O5S. The van der Waals surface area contributed by atoms with Crippen LogP contribution >= 0.6 is 0 Å². The highest BCUT2D eigenvalue weighted by Gasteiger charge is 2.21. The maximum atomic E-state index is 13.3. The lowest BCUT2D eigenvalue weighted by atomic mass is 10.1. The van der Waals surface area contributed by atoms with Crippen LogP contribution in [0.1, 0.15) is 10.4 Å². The summed E-state index contributed by atoms with van der Waals surface area (Å²) in [4.78, 5) is 20.7. The van der Waals surface area contributed by atoms with Crippen molar-refractivity contribution in [2.45, 2.75) is 0 Å². The second-order valence-corrected chi connectivity index (χ2v) is 5.17. The number of aromatic carboxylic acids is 1. The Labute approximate surface area is 110 Å². The minimum absolute atomic E-state index is 0.116. The molecule has 1 unspecified atom stereocenters. The van der Waals surface area contributed by atoms with Crippen molar-refractivity contribution in [2.75, 3.05) is 23.9 Å². The zero-order valence-electron chi connectivity index (χ0n) is 9.88. The van der Waals surface area contributed by atoms with Crippen LogP contribution in [-0.2, 0) is 10.8 Å². The molecule has 7 nitrogen and oxygen atoms in total. The Bertz CT molecular complexity index is 549. The van der Waals surface area contributed by atoms with Crippen LogP contribution in [0.2, 0.25) is 0 Å². The molecule has 0 fully saturated rings. The van der Waals surface area contributed by atoms with Crippen molar-refractivity contribution in [1.82, 2.24) is 0 Å². The predicted molar refractivity (Wildman–Crippen MR) is 67.4 cm³/mol. The van der Waals surface area contributed by atoms with Gasteiger partial charge in [-0.15, -0.1) is 0 Å². The summed E-state index contributed by atoms with van der Waals surface area (Å²) in [5.41, 5.74) is -1.34. The van der Waals surface area contributed by atoms with E-state index in [-0.39, 0.29) is 18.0 Å². The summed E-state index contributed by atoms with van der Waals surface area (Å²) < 4.78 is 24.2. The van der Waals surface area contributed by atoms with Crippen molar-refractivity contribution in [3.63, 3.8) is 0 Å². The summed E-state index contributed by atoms with van der Waals surface area (Å²) in [6, 6.07) is 1.41. The van der Waals surface area contributed by atoms with Crippen molar-refractivity contribution >= 4 is 28.1 Å². The molecule has 104 valence electrons. The van der Waals surface area contributed by atoms with E-state index < -0.39 is 38.8 Å². The highest BCUT2D eigenvalue weighted by Crippen LogP contribution is 2.27. The molecule has 0 spiro atoms. The van der Waals surface area contributed by atoms with Crippen LogP contribution in [0.25, 0.3) is 0 Å². The standard InChI is InChI=1S/C10H11FN2O5S/c1-19(18)3-2-12-8-4-6(10(14)15)7(11)5-9(8)13(16)17/h4-5,12H,2-3H2,1H3,(H,14,15). The Hall–Kier alpha value is -2.03. The van der Waals surface area contributed by atoms with E-state index in [1.165, 1.54) is 6.26 Å². The number of hydrogen-bond donors (Lipinski definition) is 2. The molecule has 0 heterocycles. The van der Waals surface area contributed by atoms with Gasteiger partial charge in [-0.25, -0.2) is 9.18 Å². The van der Waals surface area contributed by atoms with Crippen molar-refractivity contribution < 1.29 is 23.4 Å². The lowest BCUT2D eigenvalue weighted by molar-refractivity contribution is -0.384. The number of rotatable bonds is 6. The monoisotopic (exact) mass is 290 g/mol. The third kappa shape index (κ3) is 3.98. The summed E-state index contributed by atoms with van der Waals surface area (Å²) in [6.07, 6.45) is 1.46. The molecule has 0 saturated heterocycles. The van der Waals surface area contributed by atoms with E-state index in [1.54, 1.807) is 0 Å². The Balaban J connectivity index is 3.10. The van der Waals surface area contributed by atoms with E-state index in [9.17, 15) is 23.5 Å². The number of benzene rings is 1. The average molecular weight is 290 g/mol. The van der Waals surface area contributed by atoms with Gasteiger partial charge in [-0.3, -0.25) is 14.3 Å². The van der Waals surface area contributed by atoms with Gasteiger partial charge < -0.3 is 10.4 Å². The molecule has 0 aromatic heterocycles. The smallest absolute Gasteiger partial charge is 0.338 e. The third-order valence-electron chi connectivity index (χ3n) is 2.22. The van der Waals surface area contributed by atoms with E-state index in [1.807, 2.05) is 0 Å². The van der Waals surface area contributed by atoms with Crippen LogP contribution in [0.5, 0.6) is 0 Å². The minimum Gasteiger partial charge on any atom is -0.478 e. The fourth-order valence-corrected chi connectivity index (χ4v) is 1.74. The van der Waals surface area contributed by atoms with Gasteiger partial charge in [-0.1, -0.05) is 0 Å². The molecule has 2 N–H and O–H groups in total. The highest BCUT2D eigenvalue weighted by molar-refractivity contribution is 7.84. The lowest BCUT2D eigenvalue weighted by Gasteiger charge is -2.08. The van der Waals surface area contributed by atoms with Gasteiger partial charge in [0.05, 0.1) is 16.6 Å². The second-order valence-electron chi connectivity index (χ2n) is 3.62. The summed E-state index contributed by atoms with van der Waals surface area (Å²) in [5.74, 6) is -2.46. The van der Waals surface area contributed by atoms with Crippen molar-refractivity contribution in [1.29, 1.82) is 0 Å². The van der Waals surface area contributed by atoms with Gasteiger partial charge in [0.1, 0.15) is 11.5 Å². The van der Waals surface area contributed by atoms with E-state index in [0.717, 1.165) is 6.07 Å². The van der Waals surface area contributed by atoms with Crippen LogP contribution in [0, 0.1) is 15.9 Å². The van der Waals surface area contributed by atoms with Gasteiger partial charge in [0.25, 0.3) is 5.69 Å².